The standard InChI is InChI=1S/C26H28ClN9O4S2/c1-16-21(28)26(14-40-16)8-11-35(12-9-26)25-30-13-19(23-33-31-15-36(23)25)41-18-7-10-29-22(20(18)27)32-24(37)34-42(38,39)17-5-3-2-4-6-17/h2-7,10,13,15-16,21H,8-9,11-12,14,28H2,1H3,(H2,29,32,34,37)/t16-,21+/m0/s1. The summed E-state index contributed by atoms with van der Waals surface area (Å²) in [4.78, 5) is 24.7. The van der Waals surface area contributed by atoms with Crippen molar-refractivity contribution in [1.29, 1.82) is 0 Å². The van der Waals surface area contributed by atoms with Crippen LogP contribution in [-0.4, -0.2) is 70.9 Å². The van der Waals surface area contributed by atoms with E-state index in [0.717, 1.165) is 31.9 Å². The number of nitrogens with one attached hydrogen (secondary N) is 2. The quantitative estimate of drug-likeness (QED) is 0.286. The average Bonchev–Trinajstić information content (AvgIpc) is 3.58. The third-order valence-corrected chi connectivity index (χ3v) is 10.7. The van der Waals surface area contributed by atoms with Crippen LogP contribution in [-0.2, 0) is 14.8 Å². The molecule has 13 nitrogen and oxygen atoms in total. The summed E-state index contributed by atoms with van der Waals surface area (Å²) >= 11 is 7.85. The van der Waals surface area contributed by atoms with Crippen molar-refractivity contribution in [2.75, 3.05) is 29.9 Å². The van der Waals surface area contributed by atoms with Crippen LogP contribution in [0.15, 0.2) is 69.8 Å². The minimum atomic E-state index is -4.08. The van der Waals surface area contributed by atoms with E-state index in [1.54, 1.807) is 36.8 Å². The smallest absolute Gasteiger partial charge is 0.334 e. The number of carbonyl (C=O) groups excluding carboxylic acids is 1. The predicted molar refractivity (Wildman–Crippen MR) is 157 cm³/mol. The second-order valence-corrected chi connectivity index (χ2v) is 13.4. The number of hydrogen-bond donors (Lipinski definition) is 3. The number of sulfonamides is 1. The number of aromatic nitrogens is 5. The average molecular weight is 630 g/mol. The van der Waals surface area contributed by atoms with Crippen molar-refractivity contribution in [3.8, 4) is 0 Å². The molecule has 0 aliphatic carbocycles. The first-order chi connectivity index (χ1) is 20.2. The zero-order valence-corrected chi connectivity index (χ0v) is 24.9. The van der Waals surface area contributed by atoms with Crippen LogP contribution in [0.5, 0.6) is 0 Å². The summed E-state index contributed by atoms with van der Waals surface area (Å²) in [5, 5.41) is 11.0. The monoisotopic (exact) mass is 629 g/mol. The third kappa shape index (κ3) is 5.38. The molecule has 220 valence electrons. The molecule has 4 N–H and O–H groups in total. The van der Waals surface area contributed by atoms with Crippen molar-refractivity contribution >= 4 is 56.8 Å². The molecule has 0 unspecified atom stereocenters. The van der Waals surface area contributed by atoms with E-state index >= 15 is 0 Å². The number of piperidine rings is 1. The Kier molecular flexibility index (Phi) is 7.70. The number of carbonyl (C=O) groups is 1. The van der Waals surface area contributed by atoms with Gasteiger partial charge in [-0.3, -0.25) is 5.32 Å². The van der Waals surface area contributed by atoms with Crippen molar-refractivity contribution in [1.82, 2.24) is 29.3 Å². The van der Waals surface area contributed by atoms with Gasteiger partial charge >= 0.3 is 6.03 Å². The SMILES string of the molecule is C[C@@H]1OCC2(CCN(c3ncc(Sc4ccnc(NC(=O)NS(=O)(=O)c5ccccc5)c4Cl)c4nncn34)CC2)[C@@H]1N. The van der Waals surface area contributed by atoms with E-state index < -0.39 is 16.1 Å². The Bertz CT molecular complexity index is 1730. The number of nitrogens with zero attached hydrogens (tertiary/aromatic N) is 6. The number of ether oxygens (including phenoxy) is 1. The van der Waals surface area contributed by atoms with Gasteiger partial charge in [0.15, 0.2) is 11.5 Å². The summed E-state index contributed by atoms with van der Waals surface area (Å²) < 4.78 is 34.6. The number of nitrogens with two attached hydrogens (primary N) is 1. The molecule has 3 aromatic heterocycles. The molecule has 0 saturated carbocycles. The fourth-order valence-corrected chi connectivity index (χ4v) is 7.43. The van der Waals surface area contributed by atoms with Gasteiger partial charge in [0.05, 0.1) is 27.5 Å². The van der Waals surface area contributed by atoms with Crippen molar-refractivity contribution in [2.24, 2.45) is 11.1 Å². The van der Waals surface area contributed by atoms with Crippen molar-refractivity contribution in [3.63, 3.8) is 0 Å². The fraction of sp³-hybridized carbons (Fsp3) is 0.346. The Labute approximate surface area is 251 Å². The number of amides is 2. The molecule has 0 radical (unpaired) electrons. The molecule has 16 heteroatoms. The third-order valence-electron chi connectivity index (χ3n) is 7.76. The number of fused-ring (bicyclic) bond motifs is 1. The Balaban J connectivity index is 1.17. The molecule has 42 heavy (non-hydrogen) atoms. The first-order valence-corrected chi connectivity index (χ1v) is 15.9. The van der Waals surface area contributed by atoms with E-state index in [1.165, 1.54) is 30.1 Å². The van der Waals surface area contributed by atoms with Gasteiger partial charge in [-0.1, -0.05) is 41.6 Å². The molecule has 6 rings (SSSR count). The minimum Gasteiger partial charge on any atom is -0.376 e. The maximum absolute atomic E-state index is 12.5. The van der Waals surface area contributed by atoms with Gasteiger partial charge in [-0.15, -0.1) is 10.2 Å². The molecule has 4 aromatic rings. The van der Waals surface area contributed by atoms with E-state index in [9.17, 15) is 13.2 Å². The summed E-state index contributed by atoms with van der Waals surface area (Å²) in [7, 11) is -4.08. The maximum Gasteiger partial charge on any atom is 0.334 e. The lowest BCUT2D eigenvalue weighted by atomic mass is 9.73. The van der Waals surface area contributed by atoms with Gasteiger partial charge in [-0.25, -0.2) is 32.3 Å². The Morgan fingerprint density at radius 3 is 2.64 bits per heavy atom. The summed E-state index contributed by atoms with van der Waals surface area (Å²) in [6.45, 7) is 4.28. The molecule has 1 aromatic carbocycles. The highest BCUT2D eigenvalue weighted by Crippen LogP contribution is 2.42. The Hall–Kier alpha value is -3.50. The van der Waals surface area contributed by atoms with Gasteiger partial charge in [0.2, 0.25) is 5.95 Å². The highest BCUT2D eigenvalue weighted by molar-refractivity contribution is 7.99. The second-order valence-electron chi connectivity index (χ2n) is 10.3. The summed E-state index contributed by atoms with van der Waals surface area (Å²) in [5.41, 5.74) is 7.07. The van der Waals surface area contributed by atoms with Crippen LogP contribution < -0.4 is 20.7 Å². The molecule has 2 fully saturated rings. The second kappa shape index (κ2) is 11.3. The number of anilines is 2. The van der Waals surface area contributed by atoms with Crippen LogP contribution in [0.2, 0.25) is 5.02 Å². The molecule has 1 spiro atoms. The number of halogens is 1. The summed E-state index contributed by atoms with van der Waals surface area (Å²) in [5.74, 6) is 0.726. The highest BCUT2D eigenvalue weighted by Gasteiger charge is 2.47. The van der Waals surface area contributed by atoms with E-state index in [1.807, 2.05) is 16.0 Å². The van der Waals surface area contributed by atoms with E-state index in [-0.39, 0.29) is 33.3 Å². The minimum absolute atomic E-state index is 0.00448. The van der Waals surface area contributed by atoms with Crippen LogP contribution >= 0.6 is 23.4 Å². The van der Waals surface area contributed by atoms with Gasteiger partial charge in [0, 0.05) is 41.8 Å². The first kappa shape index (κ1) is 28.6. The summed E-state index contributed by atoms with van der Waals surface area (Å²) in [6, 6.07) is 8.25. The molecule has 2 aliphatic heterocycles. The van der Waals surface area contributed by atoms with Crippen molar-refractivity contribution in [2.45, 2.75) is 46.6 Å². The van der Waals surface area contributed by atoms with Crippen molar-refractivity contribution in [3.05, 3.63) is 60.1 Å². The van der Waals surface area contributed by atoms with Crippen molar-refractivity contribution < 1.29 is 17.9 Å². The molecule has 5 heterocycles. The van der Waals surface area contributed by atoms with Gasteiger partial charge < -0.3 is 15.4 Å². The predicted octanol–water partition coefficient (Wildman–Crippen LogP) is 3.17. The number of hydrogen-bond acceptors (Lipinski definition) is 11. The Morgan fingerprint density at radius 2 is 1.93 bits per heavy atom. The molecule has 2 atom stereocenters. The van der Waals surface area contributed by atoms with E-state index in [0.29, 0.717) is 22.0 Å². The normalized spacial score (nSPS) is 20.2. The molecular formula is C26H28ClN9O4S2. The topological polar surface area (TPSA) is 170 Å². The number of urea groups is 1. The Morgan fingerprint density at radius 1 is 1.17 bits per heavy atom. The molecular weight excluding hydrogens is 602 g/mol. The molecule has 2 aliphatic rings. The first-order valence-electron chi connectivity index (χ1n) is 13.2. The molecule has 2 amide bonds. The lowest BCUT2D eigenvalue weighted by molar-refractivity contribution is 0.0973. The van der Waals surface area contributed by atoms with Crippen LogP contribution in [0.3, 0.4) is 0 Å². The zero-order valence-electron chi connectivity index (χ0n) is 22.5. The van der Waals surface area contributed by atoms with Crippen LogP contribution in [0.1, 0.15) is 19.8 Å². The highest BCUT2D eigenvalue weighted by atomic mass is 35.5. The fourth-order valence-electron chi connectivity index (χ4n) is 5.34. The van der Waals surface area contributed by atoms with Gasteiger partial charge in [0.1, 0.15) is 6.33 Å². The number of pyridine rings is 1. The van der Waals surface area contributed by atoms with Crippen LogP contribution in [0.25, 0.3) is 5.65 Å². The zero-order chi connectivity index (χ0) is 29.5. The lowest BCUT2D eigenvalue weighted by Gasteiger charge is -2.41. The number of benzene rings is 1. The van der Waals surface area contributed by atoms with E-state index in [4.69, 9.17) is 27.1 Å². The van der Waals surface area contributed by atoms with E-state index in [2.05, 4.69) is 25.4 Å². The summed E-state index contributed by atoms with van der Waals surface area (Å²) in [6.07, 6.45) is 6.66. The largest absolute Gasteiger partial charge is 0.376 e. The van der Waals surface area contributed by atoms with Gasteiger partial charge in [-0.05, 0) is 38.0 Å². The molecule has 0 bridgehead atoms. The van der Waals surface area contributed by atoms with Gasteiger partial charge in [-0.2, -0.15) is 0 Å². The van der Waals surface area contributed by atoms with Crippen LogP contribution in [0, 0.1) is 5.41 Å². The van der Waals surface area contributed by atoms with Gasteiger partial charge in [0.25, 0.3) is 10.0 Å². The lowest BCUT2D eigenvalue weighted by Crippen LogP contribution is -2.51. The number of rotatable bonds is 6. The maximum atomic E-state index is 12.5. The van der Waals surface area contributed by atoms with Crippen LogP contribution in [0.4, 0.5) is 16.6 Å². The molecule has 2 saturated heterocycles.